The molecule has 3 unspecified atom stereocenters. The van der Waals surface area contributed by atoms with Gasteiger partial charge in [0.25, 0.3) is 5.56 Å². The van der Waals surface area contributed by atoms with Crippen LogP contribution in [-0.4, -0.2) is 38.1 Å². The number of H-pyrrole nitrogens is 1. The number of hydrogen-bond acceptors (Lipinski definition) is 6. The maximum Gasteiger partial charge on any atom is 0.469 e. The summed E-state index contributed by atoms with van der Waals surface area (Å²) in [5, 5.41) is 3.46. The average molecular weight is 333 g/mol. The smallest absolute Gasteiger partial charge is 0.352 e. The molecule has 2 heterocycles. The van der Waals surface area contributed by atoms with E-state index in [0.717, 1.165) is 10.6 Å². The molecular formula is C9H12N5O7P. The summed E-state index contributed by atoms with van der Waals surface area (Å²) in [5.41, 5.74) is 7.22. The fourth-order valence-corrected chi connectivity index (χ4v) is 2.39. The van der Waals surface area contributed by atoms with Gasteiger partial charge in [-0.05, 0) is 5.53 Å². The van der Waals surface area contributed by atoms with Gasteiger partial charge in [0.1, 0.15) is 6.23 Å². The summed E-state index contributed by atoms with van der Waals surface area (Å²) in [4.78, 5) is 44.7. The predicted octanol–water partition coefficient (Wildman–Crippen LogP) is -0.388. The van der Waals surface area contributed by atoms with Gasteiger partial charge in [0.2, 0.25) is 0 Å². The Bertz CT molecular complexity index is 747. The van der Waals surface area contributed by atoms with Gasteiger partial charge in [-0.2, -0.15) is 0 Å². The summed E-state index contributed by atoms with van der Waals surface area (Å²) < 4.78 is 21.6. The Morgan fingerprint density at radius 1 is 1.59 bits per heavy atom. The molecule has 2 rings (SSSR count). The van der Waals surface area contributed by atoms with Gasteiger partial charge in [-0.1, -0.05) is 5.11 Å². The highest BCUT2D eigenvalue weighted by Gasteiger charge is 2.37. The van der Waals surface area contributed by atoms with E-state index in [-0.39, 0.29) is 6.42 Å². The molecule has 0 amide bonds. The van der Waals surface area contributed by atoms with E-state index in [1.165, 1.54) is 6.20 Å². The highest BCUT2D eigenvalue weighted by atomic mass is 31.2. The van der Waals surface area contributed by atoms with Crippen molar-refractivity contribution in [3.8, 4) is 0 Å². The first-order valence-electron chi connectivity index (χ1n) is 6.01. The lowest BCUT2D eigenvalue weighted by molar-refractivity contribution is -0.0267. The molecule has 22 heavy (non-hydrogen) atoms. The molecule has 0 radical (unpaired) electrons. The van der Waals surface area contributed by atoms with E-state index in [0.29, 0.717) is 0 Å². The normalized spacial score (nSPS) is 24.9. The van der Waals surface area contributed by atoms with Crippen LogP contribution in [0.3, 0.4) is 0 Å². The molecule has 1 aromatic heterocycles. The minimum absolute atomic E-state index is 0.0885. The molecule has 1 saturated heterocycles. The van der Waals surface area contributed by atoms with E-state index in [9.17, 15) is 14.2 Å². The number of ether oxygens (including phenoxy) is 1. The predicted molar refractivity (Wildman–Crippen MR) is 70.8 cm³/mol. The van der Waals surface area contributed by atoms with Crippen LogP contribution in [0.5, 0.6) is 0 Å². The molecule has 0 spiro atoms. The third kappa shape index (κ3) is 4.04. The van der Waals surface area contributed by atoms with Crippen molar-refractivity contribution in [2.45, 2.75) is 24.8 Å². The number of rotatable bonds is 5. The van der Waals surface area contributed by atoms with Crippen molar-refractivity contribution in [3.05, 3.63) is 43.5 Å². The lowest BCUT2D eigenvalue weighted by atomic mass is 10.1. The number of nitrogens with one attached hydrogen (secondary N) is 1. The molecule has 1 aliphatic rings. The summed E-state index contributed by atoms with van der Waals surface area (Å²) in [6, 6.07) is 0.340. The Labute approximate surface area is 122 Å². The fraction of sp³-hybridized carbons (Fsp3) is 0.556. The molecule has 1 fully saturated rings. The summed E-state index contributed by atoms with van der Waals surface area (Å²) in [7, 11) is -4.70. The number of phosphoric acid groups is 1. The van der Waals surface area contributed by atoms with Crippen LogP contribution in [0.15, 0.2) is 27.0 Å². The average Bonchev–Trinajstić information content (AvgIpc) is 2.79. The van der Waals surface area contributed by atoms with Crippen molar-refractivity contribution in [2.75, 3.05) is 6.61 Å². The van der Waals surface area contributed by atoms with Crippen LogP contribution >= 0.6 is 7.82 Å². The molecule has 3 atom stereocenters. The molecule has 0 saturated carbocycles. The second kappa shape index (κ2) is 6.44. The lowest BCUT2D eigenvalue weighted by Crippen LogP contribution is -2.31. The molecular weight excluding hydrogens is 321 g/mol. The van der Waals surface area contributed by atoms with E-state index >= 15 is 0 Å². The first-order valence-corrected chi connectivity index (χ1v) is 7.54. The van der Waals surface area contributed by atoms with E-state index < -0.39 is 44.1 Å². The van der Waals surface area contributed by atoms with Crippen molar-refractivity contribution in [1.29, 1.82) is 0 Å². The molecule has 0 aliphatic carbocycles. The largest absolute Gasteiger partial charge is 0.469 e. The number of hydrogen-bond donors (Lipinski definition) is 3. The van der Waals surface area contributed by atoms with Gasteiger partial charge in [0, 0.05) is 23.6 Å². The number of aromatic nitrogens is 2. The van der Waals surface area contributed by atoms with Crippen molar-refractivity contribution in [2.24, 2.45) is 5.11 Å². The maximum absolute atomic E-state index is 11.7. The number of nitrogens with zero attached hydrogens (tertiary/aromatic N) is 4. The van der Waals surface area contributed by atoms with Crippen LogP contribution < -0.4 is 11.2 Å². The Morgan fingerprint density at radius 3 is 2.91 bits per heavy atom. The van der Waals surface area contributed by atoms with Crippen LogP contribution in [0.2, 0.25) is 0 Å². The lowest BCUT2D eigenvalue weighted by Gasteiger charge is -2.16. The van der Waals surface area contributed by atoms with E-state index in [1.54, 1.807) is 0 Å². The van der Waals surface area contributed by atoms with Crippen molar-refractivity contribution >= 4 is 7.82 Å². The summed E-state index contributed by atoms with van der Waals surface area (Å²) in [6.07, 6.45) is -0.492. The van der Waals surface area contributed by atoms with Crippen molar-refractivity contribution in [3.63, 3.8) is 0 Å². The van der Waals surface area contributed by atoms with Gasteiger partial charge in [0.15, 0.2) is 0 Å². The molecule has 1 aromatic rings. The number of azide groups is 1. The van der Waals surface area contributed by atoms with Gasteiger partial charge in [-0.3, -0.25) is 18.9 Å². The minimum atomic E-state index is -4.70. The quantitative estimate of drug-likeness (QED) is 0.284. The molecule has 0 aromatic carbocycles. The number of aromatic amines is 1. The van der Waals surface area contributed by atoms with Gasteiger partial charge in [0.05, 0.1) is 18.8 Å². The van der Waals surface area contributed by atoms with Crippen LogP contribution in [0, 0.1) is 0 Å². The van der Waals surface area contributed by atoms with Gasteiger partial charge < -0.3 is 14.5 Å². The van der Waals surface area contributed by atoms with Gasteiger partial charge >= 0.3 is 13.5 Å². The third-order valence-electron chi connectivity index (χ3n) is 2.97. The number of phosphoric ester groups is 1. The zero-order valence-electron chi connectivity index (χ0n) is 11.0. The molecule has 3 N–H and O–H groups in total. The molecule has 12 nitrogen and oxygen atoms in total. The molecule has 1 aliphatic heterocycles. The van der Waals surface area contributed by atoms with E-state index in [2.05, 4.69) is 14.5 Å². The second-order valence-electron chi connectivity index (χ2n) is 4.44. The van der Waals surface area contributed by atoms with Crippen LogP contribution in [-0.2, 0) is 13.8 Å². The van der Waals surface area contributed by atoms with Gasteiger partial charge in [-0.15, -0.1) is 0 Å². The highest BCUT2D eigenvalue weighted by molar-refractivity contribution is 7.46. The zero-order valence-corrected chi connectivity index (χ0v) is 11.9. The van der Waals surface area contributed by atoms with E-state index in [1.807, 2.05) is 4.98 Å². The summed E-state index contributed by atoms with van der Waals surface area (Å²) >= 11 is 0. The van der Waals surface area contributed by atoms with Crippen LogP contribution in [0.4, 0.5) is 0 Å². The van der Waals surface area contributed by atoms with Crippen molar-refractivity contribution < 1.29 is 23.6 Å². The Hall–Kier alpha value is -1.94. The topological polar surface area (TPSA) is 180 Å². The fourth-order valence-electron chi connectivity index (χ4n) is 2.05. The van der Waals surface area contributed by atoms with Gasteiger partial charge in [-0.25, -0.2) is 9.36 Å². The summed E-state index contributed by atoms with van der Waals surface area (Å²) in [6.45, 7) is -0.511. The highest BCUT2D eigenvalue weighted by Crippen LogP contribution is 2.38. The van der Waals surface area contributed by atoms with Crippen molar-refractivity contribution in [1.82, 2.24) is 9.55 Å². The standard InChI is InChI=1S/C9H12N5O7P/c10-13-12-5-3-8(14-2-1-7(15)11-9(14)16)21-6(5)4-20-22(17,18)19/h1-2,5-6,8H,3-4H2,(H,11,15,16)(H2,17,18,19). The van der Waals surface area contributed by atoms with Crippen LogP contribution in [0.25, 0.3) is 10.4 Å². The monoisotopic (exact) mass is 333 g/mol. The van der Waals surface area contributed by atoms with Crippen LogP contribution in [0.1, 0.15) is 12.6 Å². The second-order valence-corrected chi connectivity index (χ2v) is 5.68. The first kappa shape index (κ1) is 16.4. The van der Waals surface area contributed by atoms with E-state index in [4.69, 9.17) is 20.1 Å². The maximum atomic E-state index is 11.7. The first-order chi connectivity index (χ1) is 10.3. The molecule has 13 heteroatoms. The zero-order chi connectivity index (χ0) is 16.3. The Balaban J connectivity index is 2.19. The minimum Gasteiger partial charge on any atom is -0.352 e. The molecule has 0 bridgehead atoms. The third-order valence-corrected chi connectivity index (χ3v) is 3.46. The Morgan fingerprint density at radius 2 is 2.32 bits per heavy atom. The SMILES string of the molecule is [N-]=[N+]=NC1CC(n2ccc(=O)[nH]c2=O)OC1COP(=O)(O)O. The summed E-state index contributed by atoms with van der Waals surface area (Å²) in [5.74, 6) is 0. The molecule has 120 valence electrons. The Kier molecular flexibility index (Phi) is 4.81.